The number of aliphatic hydroxyl groups is 1. The summed E-state index contributed by atoms with van der Waals surface area (Å²) in [4.78, 5) is 16.3. The first kappa shape index (κ1) is 17.0. The van der Waals surface area contributed by atoms with Crippen LogP contribution < -0.4 is 10.6 Å². The highest BCUT2D eigenvalue weighted by molar-refractivity contribution is 5.89. The van der Waals surface area contributed by atoms with Gasteiger partial charge in [-0.1, -0.05) is 0 Å². The number of nitrogens with one attached hydrogen (secondary N) is 2. The van der Waals surface area contributed by atoms with E-state index < -0.39 is 36.6 Å². The number of amides is 2. The van der Waals surface area contributed by atoms with Gasteiger partial charge < -0.3 is 25.2 Å². The monoisotopic (exact) mass is 359 g/mol. The molecule has 2 aliphatic heterocycles. The topological polar surface area (TPSA) is 111 Å². The van der Waals surface area contributed by atoms with Crippen LogP contribution >= 0.6 is 0 Å². The van der Waals surface area contributed by atoms with Gasteiger partial charge >= 0.3 is 6.03 Å². The summed E-state index contributed by atoms with van der Waals surface area (Å²) in [5.74, 6) is 0. The maximum atomic E-state index is 12.3. The van der Waals surface area contributed by atoms with Crippen LogP contribution in [0.15, 0.2) is 30.6 Å². The summed E-state index contributed by atoms with van der Waals surface area (Å²) in [5, 5.41) is 20.9. The average molecular weight is 359 g/mol. The number of aromatic nitrogens is 3. The van der Waals surface area contributed by atoms with E-state index in [1.807, 2.05) is 19.9 Å². The van der Waals surface area contributed by atoms with E-state index in [4.69, 9.17) is 9.47 Å². The van der Waals surface area contributed by atoms with Crippen molar-refractivity contribution >= 4 is 11.7 Å². The van der Waals surface area contributed by atoms with E-state index >= 15 is 0 Å². The van der Waals surface area contributed by atoms with Crippen molar-refractivity contribution in [1.82, 2.24) is 20.1 Å². The highest BCUT2D eigenvalue weighted by Gasteiger charge is 2.52. The molecule has 2 aromatic rings. The molecule has 9 nitrogen and oxygen atoms in total. The van der Waals surface area contributed by atoms with Crippen LogP contribution in [-0.4, -0.2) is 57.0 Å². The summed E-state index contributed by atoms with van der Waals surface area (Å²) >= 11 is 0. The molecule has 2 aliphatic rings. The zero-order valence-corrected chi connectivity index (χ0v) is 14.5. The Morgan fingerprint density at radius 2 is 2.27 bits per heavy atom. The fourth-order valence-corrected chi connectivity index (χ4v) is 3.54. The summed E-state index contributed by atoms with van der Waals surface area (Å²) in [5.41, 5.74) is 2.29. The van der Waals surface area contributed by atoms with Crippen LogP contribution in [0.2, 0.25) is 0 Å². The smallest absolute Gasteiger partial charge is 0.319 e. The van der Waals surface area contributed by atoms with Gasteiger partial charge in [-0.05, 0) is 32.0 Å². The van der Waals surface area contributed by atoms with Crippen molar-refractivity contribution in [2.24, 2.45) is 0 Å². The van der Waals surface area contributed by atoms with Gasteiger partial charge in [-0.2, -0.15) is 5.10 Å². The van der Waals surface area contributed by atoms with Crippen molar-refractivity contribution in [1.29, 1.82) is 0 Å². The fourth-order valence-electron chi connectivity index (χ4n) is 3.54. The summed E-state index contributed by atoms with van der Waals surface area (Å²) in [6, 6.07) is 3.77. The molecule has 4 heterocycles. The number of urea groups is 1. The van der Waals surface area contributed by atoms with Gasteiger partial charge in [0, 0.05) is 11.9 Å². The lowest BCUT2D eigenvalue weighted by molar-refractivity contribution is -0.166. The van der Waals surface area contributed by atoms with Gasteiger partial charge in [-0.25, -0.2) is 4.79 Å². The second-order valence-electron chi connectivity index (χ2n) is 6.60. The number of nitrogens with zero attached hydrogens (tertiary/aromatic N) is 3. The van der Waals surface area contributed by atoms with E-state index in [1.165, 1.54) is 0 Å². The number of anilines is 1. The van der Waals surface area contributed by atoms with Gasteiger partial charge in [0.25, 0.3) is 0 Å². The van der Waals surface area contributed by atoms with Crippen LogP contribution in [0.1, 0.15) is 17.4 Å². The fraction of sp³-hybridized carbons (Fsp3) is 0.471. The molecule has 0 saturated carbocycles. The molecule has 2 aromatic heterocycles. The highest BCUT2D eigenvalue weighted by atomic mass is 16.7. The number of fused-ring (bicyclic) bond motifs is 2. The van der Waals surface area contributed by atoms with E-state index in [2.05, 4.69) is 20.7 Å². The molecule has 2 fully saturated rings. The lowest BCUT2D eigenvalue weighted by Gasteiger charge is -2.38. The van der Waals surface area contributed by atoms with E-state index in [9.17, 15) is 9.90 Å². The number of ether oxygens (including phenoxy) is 2. The third-order valence-electron chi connectivity index (χ3n) is 4.68. The number of hydrogen-bond acceptors (Lipinski definition) is 6. The lowest BCUT2D eigenvalue weighted by Crippen LogP contribution is -2.59. The molecule has 26 heavy (non-hydrogen) atoms. The van der Waals surface area contributed by atoms with E-state index in [0.717, 1.165) is 11.4 Å². The van der Waals surface area contributed by atoms with Gasteiger partial charge in [-0.15, -0.1) is 0 Å². The number of aryl methyl sites for hydroxylation is 2. The molecule has 5 unspecified atom stereocenters. The summed E-state index contributed by atoms with van der Waals surface area (Å²) in [6.45, 7) is 4.09. The third-order valence-corrected chi connectivity index (χ3v) is 4.68. The zero-order valence-electron chi connectivity index (χ0n) is 14.5. The Morgan fingerprint density at radius 3 is 2.96 bits per heavy atom. The Balaban J connectivity index is 1.52. The first-order chi connectivity index (χ1) is 12.5. The largest absolute Gasteiger partial charge is 0.388 e. The first-order valence-electron chi connectivity index (χ1n) is 8.48. The van der Waals surface area contributed by atoms with E-state index in [0.29, 0.717) is 12.3 Å². The number of hydrogen-bond donors (Lipinski definition) is 3. The number of rotatable bonds is 3. The van der Waals surface area contributed by atoms with Crippen molar-refractivity contribution in [3.05, 3.63) is 42.0 Å². The molecule has 138 valence electrons. The molecular formula is C17H21N5O4. The van der Waals surface area contributed by atoms with Crippen LogP contribution in [0, 0.1) is 13.8 Å². The number of pyridine rings is 1. The molecule has 4 rings (SSSR count). The maximum absolute atomic E-state index is 12.3. The minimum Gasteiger partial charge on any atom is -0.388 e. The molecular weight excluding hydrogens is 338 g/mol. The Labute approximate surface area is 150 Å². The molecule has 0 radical (unpaired) electrons. The predicted molar refractivity (Wildman–Crippen MR) is 91.5 cm³/mol. The van der Waals surface area contributed by atoms with Crippen molar-refractivity contribution in [3.63, 3.8) is 0 Å². The minimum atomic E-state index is -0.904. The lowest BCUT2D eigenvalue weighted by atomic mass is 9.96. The molecule has 2 bridgehead atoms. The molecule has 3 N–H and O–H groups in total. The minimum absolute atomic E-state index is 0.301. The number of aliphatic hydroxyl groups excluding tert-OH is 1. The van der Waals surface area contributed by atoms with Crippen molar-refractivity contribution in [3.8, 4) is 0 Å². The van der Waals surface area contributed by atoms with E-state index in [1.54, 1.807) is 29.2 Å². The third kappa shape index (κ3) is 3.05. The number of carbonyl (C=O) groups is 1. The van der Waals surface area contributed by atoms with E-state index in [-0.39, 0.29) is 0 Å². The van der Waals surface area contributed by atoms with Crippen molar-refractivity contribution in [2.45, 2.75) is 44.4 Å². The summed E-state index contributed by atoms with van der Waals surface area (Å²) in [6.07, 6.45) is 1.26. The Bertz CT molecular complexity index is 796. The van der Waals surface area contributed by atoms with Gasteiger partial charge in [0.15, 0.2) is 6.29 Å². The molecule has 5 atom stereocenters. The second kappa shape index (κ2) is 6.67. The quantitative estimate of drug-likeness (QED) is 0.746. The first-order valence-corrected chi connectivity index (χ1v) is 8.48. The molecule has 0 aromatic carbocycles. The van der Waals surface area contributed by atoms with Crippen LogP contribution in [0.5, 0.6) is 0 Å². The molecule has 0 aliphatic carbocycles. The normalized spacial score (nSPS) is 30.2. The predicted octanol–water partition coefficient (Wildman–Crippen LogP) is 0.742. The van der Waals surface area contributed by atoms with Crippen LogP contribution in [0.25, 0.3) is 0 Å². The van der Waals surface area contributed by atoms with Crippen molar-refractivity contribution < 1.29 is 19.4 Å². The standard InChI is InChI=1S/C17H21N5O4/c1-9-6-10(2)22(21-9)14-15(23)13(12-8-25-16(14)26-12)20-17(24)19-11-4-3-5-18-7-11/h3-7,12-16,23H,8H2,1-2H3,(H2,19,20,24). The molecule has 2 saturated heterocycles. The second-order valence-corrected chi connectivity index (χ2v) is 6.60. The molecule has 9 heteroatoms. The Hall–Kier alpha value is -2.49. The Morgan fingerprint density at radius 1 is 1.42 bits per heavy atom. The summed E-state index contributed by atoms with van der Waals surface area (Å²) in [7, 11) is 0. The molecule has 0 spiro atoms. The Kier molecular flexibility index (Phi) is 4.35. The maximum Gasteiger partial charge on any atom is 0.319 e. The average Bonchev–Trinajstić information content (AvgIpc) is 3.18. The van der Waals surface area contributed by atoms with Crippen LogP contribution in [0.3, 0.4) is 0 Å². The van der Waals surface area contributed by atoms with Gasteiger partial charge in [0.1, 0.15) is 18.2 Å². The SMILES string of the molecule is Cc1cc(C)n(C2C3OCC(O3)C(NC(=O)Nc3cccnc3)C2O)n1. The summed E-state index contributed by atoms with van der Waals surface area (Å²) < 4.78 is 13.3. The van der Waals surface area contributed by atoms with Gasteiger partial charge in [-0.3, -0.25) is 9.67 Å². The van der Waals surface area contributed by atoms with Gasteiger partial charge in [0.05, 0.1) is 30.2 Å². The van der Waals surface area contributed by atoms with Crippen molar-refractivity contribution in [2.75, 3.05) is 11.9 Å². The van der Waals surface area contributed by atoms with Gasteiger partial charge in [0.2, 0.25) is 0 Å². The molecule has 2 amide bonds. The number of carbonyl (C=O) groups excluding carboxylic acids is 1. The zero-order chi connectivity index (χ0) is 18.3. The van der Waals surface area contributed by atoms with Crippen LogP contribution in [0.4, 0.5) is 10.5 Å². The van der Waals surface area contributed by atoms with Crippen LogP contribution in [-0.2, 0) is 9.47 Å². The highest BCUT2D eigenvalue weighted by Crippen LogP contribution is 2.36.